The molecule has 0 aliphatic rings. The van der Waals surface area contributed by atoms with Crippen LogP contribution in [0.25, 0.3) is 0 Å². The van der Waals surface area contributed by atoms with Gasteiger partial charge in [0.1, 0.15) is 5.82 Å². The first-order valence-corrected chi connectivity index (χ1v) is 8.07. The molecule has 1 heterocycles. The first-order chi connectivity index (χ1) is 12.2. The Kier molecular flexibility index (Phi) is 6.44. The Morgan fingerprint density at radius 3 is 2.62 bits per heavy atom. The van der Waals surface area contributed by atoms with Crippen LogP contribution in [0.15, 0.2) is 36.5 Å². The van der Waals surface area contributed by atoms with Crippen molar-refractivity contribution in [3.05, 3.63) is 52.7 Å². The van der Waals surface area contributed by atoms with Crippen molar-refractivity contribution in [3.63, 3.8) is 0 Å². The Hall–Kier alpha value is -2.32. The van der Waals surface area contributed by atoms with Crippen molar-refractivity contribution < 1.29 is 18.0 Å². The van der Waals surface area contributed by atoms with E-state index in [1.807, 2.05) is 19.0 Å². The molecule has 0 fully saturated rings. The summed E-state index contributed by atoms with van der Waals surface area (Å²) in [6.07, 6.45) is -3.22. The number of pyridine rings is 1. The third kappa shape index (κ3) is 5.60. The van der Waals surface area contributed by atoms with Gasteiger partial charge in [-0.1, -0.05) is 11.6 Å². The van der Waals surface area contributed by atoms with Gasteiger partial charge in [-0.05, 0) is 44.4 Å². The van der Waals surface area contributed by atoms with Gasteiger partial charge >= 0.3 is 6.18 Å². The number of anilines is 2. The van der Waals surface area contributed by atoms with Gasteiger partial charge in [-0.3, -0.25) is 4.79 Å². The van der Waals surface area contributed by atoms with Crippen LogP contribution in [0.3, 0.4) is 0 Å². The molecule has 0 atom stereocenters. The number of carbonyl (C=O) groups excluding carboxylic acids is 1. The molecule has 0 saturated heterocycles. The van der Waals surface area contributed by atoms with Gasteiger partial charge in [-0.15, -0.1) is 0 Å². The van der Waals surface area contributed by atoms with Crippen LogP contribution in [0, 0.1) is 0 Å². The zero-order valence-corrected chi connectivity index (χ0v) is 14.9. The summed E-state index contributed by atoms with van der Waals surface area (Å²) in [7, 11) is 3.84. The van der Waals surface area contributed by atoms with Crippen LogP contribution >= 0.6 is 11.6 Å². The highest BCUT2D eigenvalue weighted by atomic mass is 35.5. The fraction of sp³-hybridized carbons (Fsp3) is 0.294. The van der Waals surface area contributed by atoms with Gasteiger partial charge in [0, 0.05) is 29.9 Å². The maximum absolute atomic E-state index is 13.1. The van der Waals surface area contributed by atoms with E-state index >= 15 is 0 Å². The summed E-state index contributed by atoms with van der Waals surface area (Å²) in [6.45, 7) is 1.37. The fourth-order valence-electron chi connectivity index (χ4n) is 2.13. The van der Waals surface area contributed by atoms with Crippen LogP contribution in [0.2, 0.25) is 5.02 Å². The van der Waals surface area contributed by atoms with Crippen molar-refractivity contribution in [1.82, 2.24) is 9.88 Å². The Balaban J connectivity index is 2.16. The normalized spacial score (nSPS) is 11.5. The van der Waals surface area contributed by atoms with Gasteiger partial charge in [0.15, 0.2) is 0 Å². The average molecular weight is 387 g/mol. The maximum Gasteiger partial charge on any atom is 0.418 e. The molecule has 0 aliphatic carbocycles. The van der Waals surface area contributed by atoms with Crippen LogP contribution in [-0.2, 0) is 6.18 Å². The first kappa shape index (κ1) is 20.0. The SMILES string of the molecule is CN(C)CCNc1cc(C(=O)Nc2ccc(Cl)cc2C(F)(F)F)ccn1. The van der Waals surface area contributed by atoms with Crippen LogP contribution in [0.4, 0.5) is 24.7 Å². The van der Waals surface area contributed by atoms with Gasteiger partial charge in [0.05, 0.1) is 11.3 Å². The lowest BCUT2D eigenvalue weighted by Crippen LogP contribution is -2.21. The smallest absolute Gasteiger partial charge is 0.369 e. The minimum absolute atomic E-state index is 0.0633. The van der Waals surface area contributed by atoms with Gasteiger partial charge < -0.3 is 15.5 Å². The monoisotopic (exact) mass is 386 g/mol. The van der Waals surface area contributed by atoms with Crippen LogP contribution in [0.5, 0.6) is 0 Å². The lowest BCUT2D eigenvalue weighted by molar-refractivity contribution is -0.136. The van der Waals surface area contributed by atoms with E-state index in [1.54, 1.807) is 0 Å². The van der Waals surface area contributed by atoms with E-state index in [0.29, 0.717) is 12.4 Å². The van der Waals surface area contributed by atoms with Crippen molar-refractivity contribution in [2.75, 3.05) is 37.8 Å². The van der Waals surface area contributed by atoms with Gasteiger partial charge in [0.2, 0.25) is 0 Å². The Bertz CT molecular complexity index is 781. The predicted molar refractivity (Wildman–Crippen MR) is 95.7 cm³/mol. The van der Waals surface area contributed by atoms with E-state index in [9.17, 15) is 18.0 Å². The highest BCUT2D eigenvalue weighted by Gasteiger charge is 2.34. The number of nitrogens with one attached hydrogen (secondary N) is 2. The molecule has 9 heteroatoms. The molecule has 2 N–H and O–H groups in total. The molecule has 1 amide bonds. The molecule has 1 aromatic heterocycles. The highest BCUT2D eigenvalue weighted by Crippen LogP contribution is 2.36. The van der Waals surface area contributed by atoms with Crippen LogP contribution in [0.1, 0.15) is 15.9 Å². The van der Waals surface area contributed by atoms with E-state index in [0.717, 1.165) is 18.7 Å². The second-order valence-electron chi connectivity index (χ2n) is 5.80. The van der Waals surface area contributed by atoms with E-state index in [-0.39, 0.29) is 16.3 Å². The molecule has 0 radical (unpaired) electrons. The second kappa shape index (κ2) is 8.37. The zero-order valence-electron chi connectivity index (χ0n) is 14.2. The molecule has 0 saturated carbocycles. The van der Waals surface area contributed by atoms with Crippen molar-refractivity contribution in [2.24, 2.45) is 0 Å². The molecule has 5 nitrogen and oxygen atoms in total. The minimum atomic E-state index is -4.63. The van der Waals surface area contributed by atoms with Gasteiger partial charge in [-0.25, -0.2) is 4.98 Å². The summed E-state index contributed by atoms with van der Waals surface area (Å²) >= 11 is 5.64. The van der Waals surface area contributed by atoms with E-state index in [2.05, 4.69) is 15.6 Å². The predicted octanol–water partition coefficient (Wildman–Crippen LogP) is 3.98. The summed E-state index contributed by atoms with van der Waals surface area (Å²) in [6, 6.07) is 6.09. The summed E-state index contributed by atoms with van der Waals surface area (Å²) in [5.41, 5.74) is -1.17. The van der Waals surface area contributed by atoms with Gasteiger partial charge in [-0.2, -0.15) is 13.2 Å². The van der Waals surface area contributed by atoms with E-state index < -0.39 is 17.6 Å². The summed E-state index contributed by atoms with van der Waals surface area (Å²) in [5, 5.41) is 5.27. The maximum atomic E-state index is 13.1. The number of nitrogens with zero attached hydrogens (tertiary/aromatic N) is 2. The summed E-state index contributed by atoms with van der Waals surface area (Å²) in [5.74, 6) is -0.206. The number of rotatable bonds is 6. The number of hydrogen-bond donors (Lipinski definition) is 2. The highest BCUT2D eigenvalue weighted by molar-refractivity contribution is 6.30. The zero-order chi connectivity index (χ0) is 19.3. The molecule has 0 unspecified atom stereocenters. The van der Waals surface area contributed by atoms with Crippen molar-refractivity contribution >= 4 is 29.0 Å². The topological polar surface area (TPSA) is 57.3 Å². The molecule has 0 spiro atoms. The lowest BCUT2D eigenvalue weighted by atomic mass is 10.1. The number of aromatic nitrogens is 1. The number of carbonyl (C=O) groups is 1. The molecule has 0 aliphatic heterocycles. The van der Waals surface area contributed by atoms with Crippen LogP contribution in [-0.4, -0.2) is 43.0 Å². The number of likely N-dealkylation sites (N-methyl/N-ethyl adjacent to an activating group) is 1. The molecule has 140 valence electrons. The van der Waals surface area contributed by atoms with Crippen molar-refractivity contribution in [2.45, 2.75) is 6.18 Å². The standard InChI is InChI=1S/C17H18ClF3N4O/c1-25(2)8-7-23-15-9-11(5-6-22-15)16(26)24-14-4-3-12(18)10-13(14)17(19,20)21/h3-6,9-10H,7-8H2,1-2H3,(H,22,23)(H,24,26). The third-order valence-corrected chi connectivity index (χ3v) is 3.66. The quantitative estimate of drug-likeness (QED) is 0.788. The molecule has 26 heavy (non-hydrogen) atoms. The summed E-state index contributed by atoms with van der Waals surface area (Å²) in [4.78, 5) is 18.4. The minimum Gasteiger partial charge on any atom is -0.369 e. The largest absolute Gasteiger partial charge is 0.418 e. The number of benzene rings is 1. The number of hydrogen-bond acceptors (Lipinski definition) is 4. The van der Waals surface area contributed by atoms with Crippen LogP contribution < -0.4 is 10.6 Å². The van der Waals surface area contributed by atoms with Gasteiger partial charge in [0.25, 0.3) is 5.91 Å². The molecular formula is C17H18ClF3N4O. The molecule has 1 aromatic carbocycles. The van der Waals surface area contributed by atoms with E-state index in [1.165, 1.54) is 24.4 Å². The Morgan fingerprint density at radius 1 is 1.23 bits per heavy atom. The summed E-state index contributed by atoms with van der Waals surface area (Å²) < 4.78 is 39.3. The molecule has 0 bridgehead atoms. The fourth-order valence-corrected chi connectivity index (χ4v) is 2.30. The Morgan fingerprint density at radius 2 is 1.96 bits per heavy atom. The average Bonchev–Trinajstić information content (AvgIpc) is 2.55. The second-order valence-corrected chi connectivity index (χ2v) is 6.24. The lowest BCUT2D eigenvalue weighted by Gasteiger charge is -2.15. The van der Waals surface area contributed by atoms with Crippen molar-refractivity contribution in [3.8, 4) is 0 Å². The molecule has 2 rings (SSSR count). The first-order valence-electron chi connectivity index (χ1n) is 7.69. The third-order valence-electron chi connectivity index (χ3n) is 3.42. The number of halogens is 4. The number of amides is 1. The van der Waals surface area contributed by atoms with E-state index in [4.69, 9.17) is 11.6 Å². The van der Waals surface area contributed by atoms with Crippen molar-refractivity contribution in [1.29, 1.82) is 0 Å². The number of alkyl halides is 3. The Labute approximate surface area is 154 Å². The molecule has 2 aromatic rings. The molecular weight excluding hydrogens is 369 g/mol.